The van der Waals surface area contributed by atoms with Crippen molar-refractivity contribution in [1.82, 2.24) is 14.5 Å². The van der Waals surface area contributed by atoms with Gasteiger partial charge in [-0.05, 0) is 43.0 Å². The maximum Gasteiger partial charge on any atom is 0.422 e. The molecule has 3 aromatic rings. The number of rotatable bonds is 6. The van der Waals surface area contributed by atoms with Crippen LogP contribution in [-0.2, 0) is 21.8 Å². The molecule has 1 aromatic carbocycles. The largest absolute Gasteiger partial charge is 0.468 e. The Hall–Kier alpha value is -2.62. The second-order valence-electron chi connectivity index (χ2n) is 10.2. The van der Waals surface area contributed by atoms with E-state index in [2.05, 4.69) is 35.1 Å². The minimum absolute atomic E-state index is 0.0542. The molecule has 35 heavy (non-hydrogen) atoms. The molecule has 1 aliphatic rings. The van der Waals surface area contributed by atoms with Gasteiger partial charge in [-0.1, -0.05) is 40.0 Å². The number of hydrogen-bond donors (Lipinski definition) is 0. The van der Waals surface area contributed by atoms with E-state index in [0.29, 0.717) is 11.4 Å². The third-order valence-corrected chi connectivity index (χ3v) is 8.01. The molecule has 0 saturated heterocycles. The lowest BCUT2D eigenvalue weighted by Gasteiger charge is -2.26. The van der Waals surface area contributed by atoms with Gasteiger partial charge >= 0.3 is 6.18 Å². The molecule has 4 rings (SSSR count). The van der Waals surface area contributed by atoms with Crippen LogP contribution in [0.15, 0.2) is 46.3 Å². The van der Waals surface area contributed by atoms with Crippen molar-refractivity contribution in [1.29, 1.82) is 0 Å². The average Bonchev–Trinajstić information content (AvgIpc) is 3.16. The molecule has 1 saturated carbocycles. The van der Waals surface area contributed by atoms with Crippen LogP contribution in [0.2, 0.25) is 0 Å². The number of imidazole rings is 1. The van der Waals surface area contributed by atoms with E-state index in [0.717, 1.165) is 30.1 Å². The van der Waals surface area contributed by atoms with Crippen LogP contribution in [0.25, 0.3) is 11.0 Å². The Morgan fingerprint density at radius 2 is 1.71 bits per heavy atom. The number of pyridine rings is 1. The highest BCUT2D eigenvalue weighted by molar-refractivity contribution is 7.91. The van der Waals surface area contributed by atoms with Gasteiger partial charge in [0.15, 0.2) is 6.61 Å². The Morgan fingerprint density at radius 1 is 1.03 bits per heavy atom. The van der Waals surface area contributed by atoms with E-state index in [1.165, 1.54) is 38.2 Å². The van der Waals surface area contributed by atoms with Gasteiger partial charge in [0.2, 0.25) is 15.7 Å². The molecule has 1 fully saturated rings. The van der Waals surface area contributed by atoms with Crippen molar-refractivity contribution in [3.63, 3.8) is 0 Å². The highest BCUT2D eigenvalue weighted by Crippen LogP contribution is 2.33. The first-order valence-corrected chi connectivity index (χ1v) is 13.2. The molecule has 6 nitrogen and oxygen atoms in total. The fraction of sp³-hybridized carbons (Fsp3) is 0.520. The summed E-state index contributed by atoms with van der Waals surface area (Å²) in [6, 6.07) is 7.22. The summed E-state index contributed by atoms with van der Waals surface area (Å²) in [6.07, 6.45) is 2.62. The van der Waals surface area contributed by atoms with Crippen LogP contribution in [0.4, 0.5) is 13.2 Å². The van der Waals surface area contributed by atoms with Gasteiger partial charge < -0.3 is 9.30 Å². The first-order valence-electron chi connectivity index (χ1n) is 11.8. The molecular weight excluding hydrogens is 479 g/mol. The molecular formula is C25H30F3N3O3S. The zero-order valence-electron chi connectivity index (χ0n) is 20.1. The molecule has 0 spiro atoms. The molecule has 0 unspecified atom stereocenters. The van der Waals surface area contributed by atoms with Crippen LogP contribution in [-0.4, -0.2) is 35.7 Å². The van der Waals surface area contributed by atoms with Crippen molar-refractivity contribution in [2.45, 2.75) is 80.8 Å². The van der Waals surface area contributed by atoms with Crippen molar-refractivity contribution in [3.8, 4) is 5.88 Å². The van der Waals surface area contributed by atoms with E-state index < -0.39 is 22.6 Å². The Kier molecular flexibility index (Phi) is 6.87. The van der Waals surface area contributed by atoms with Crippen LogP contribution in [0.1, 0.15) is 58.7 Å². The van der Waals surface area contributed by atoms with Gasteiger partial charge in [-0.25, -0.2) is 18.4 Å². The van der Waals surface area contributed by atoms with Crippen LogP contribution in [0.5, 0.6) is 5.88 Å². The molecule has 2 heterocycles. The molecule has 0 N–H and O–H groups in total. The lowest BCUT2D eigenvalue weighted by atomic mass is 9.88. The van der Waals surface area contributed by atoms with Gasteiger partial charge in [0.1, 0.15) is 5.82 Å². The number of benzene rings is 1. The minimum atomic E-state index is -4.51. The van der Waals surface area contributed by atoms with Crippen molar-refractivity contribution >= 4 is 20.9 Å². The number of alkyl halides is 3. The maximum absolute atomic E-state index is 13.2. The summed E-state index contributed by atoms with van der Waals surface area (Å²) in [7, 11) is -3.95. The van der Waals surface area contributed by atoms with Crippen molar-refractivity contribution in [3.05, 3.63) is 42.4 Å². The lowest BCUT2D eigenvalue weighted by Crippen LogP contribution is -2.22. The van der Waals surface area contributed by atoms with Crippen LogP contribution < -0.4 is 4.74 Å². The number of fused-ring (bicyclic) bond motifs is 1. The minimum Gasteiger partial charge on any atom is -0.468 e. The topological polar surface area (TPSA) is 74.1 Å². The molecule has 0 aliphatic heterocycles. The van der Waals surface area contributed by atoms with Crippen LogP contribution in [0.3, 0.4) is 0 Å². The fourth-order valence-electron chi connectivity index (χ4n) is 4.56. The summed E-state index contributed by atoms with van der Waals surface area (Å²) in [5.41, 5.74) is 1.28. The molecule has 10 heteroatoms. The summed E-state index contributed by atoms with van der Waals surface area (Å²) in [6.45, 7) is 5.65. The highest BCUT2D eigenvalue weighted by Gasteiger charge is 2.29. The Bertz CT molecular complexity index is 1290. The van der Waals surface area contributed by atoms with E-state index in [4.69, 9.17) is 4.98 Å². The van der Waals surface area contributed by atoms with E-state index in [1.807, 2.05) is 0 Å². The number of sulfone groups is 1. The number of hydrogen-bond acceptors (Lipinski definition) is 5. The first kappa shape index (κ1) is 25.5. The summed E-state index contributed by atoms with van der Waals surface area (Å²) >= 11 is 0. The van der Waals surface area contributed by atoms with Crippen molar-refractivity contribution < 1.29 is 26.3 Å². The second-order valence-corrected chi connectivity index (χ2v) is 12.1. The van der Waals surface area contributed by atoms with E-state index in [9.17, 15) is 21.6 Å². The summed E-state index contributed by atoms with van der Waals surface area (Å²) < 4.78 is 70.2. The molecule has 0 atom stereocenters. The van der Waals surface area contributed by atoms with Gasteiger partial charge in [-0.2, -0.15) is 13.2 Å². The Balaban J connectivity index is 1.65. The normalized spacial score (nSPS) is 16.1. The van der Waals surface area contributed by atoms with Crippen LogP contribution in [0, 0.1) is 5.92 Å². The highest BCUT2D eigenvalue weighted by atomic mass is 32.2. The number of aromatic nitrogens is 3. The molecule has 0 bridgehead atoms. The van der Waals surface area contributed by atoms with Gasteiger partial charge in [0, 0.05) is 24.2 Å². The summed E-state index contributed by atoms with van der Waals surface area (Å²) in [5.74, 6) is 1.20. The zero-order valence-corrected chi connectivity index (χ0v) is 20.9. The van der Waals surface area contributed by atoms with Crippen LogP contribution >= 0.6 is 0 Å². The molecule has 0 radical (unpaired) electrons. The van der Waals surface area contributed by atoms with Gasteiger partial charge in [0.05, 0.1) is 20.8 Å². The van der Waals surface area contributed by atoms with Crippen molar-refractivity contribution in [2.75, 3.05) is 6.61 Å². The number of halogens is 3. The number of nitrogens with zero attached hydrogens (tertiary/aromatic N) is 3. The van der Waals surface area contributed by atoms with E-state index in [1.54, 1.807) is 18.2 Å². The average molecular weight is 510 g/mol. The zero-order chi connectivity index (χ0) is 25.4. The van der Waals surface area contributed by atoms with Crippen molar-refractivity contribution in [2.24, 2.45) is 5.92 Å². The lowest BCUT2D eigenvalue weighted by molar-refractivity contribution is -0.154. The second kappa shape index (κ2) is 9.44. The van der Waals surface area contributed by atoms with E-state index >= 15 is 0 Å². The molecule has 190 valence electrons. The Labute approximate surface area is 203 Å². The molecule has 2 aromatic heterocycles. The monoisotopic (exact) mass is 509 g/mol. The van der Waals surface area contributed by atoms with E-state index in [-0.39, 0.29) is 21.1 Å². The molecule has 1 aliphatic carbocycles. The standard InChI is InChI=1S/C25H30F3N3O3S/c1-24(2,3)23-30-20-13-18(9-11-21(20)31(23)15-17-7-5-4-6-8-17)35(32,33)19-10-12-22(29-14-19)34-16-25(26,27)28/h9-14,17H,4-8,15-16H2,1-3H3. The quantitative estimate of drug-likeness (QED) is 0.402. The third-order valence-electron chi connectivity index (χ3n) is 6.27. The Morgan fingerprint density at radius 3 is 2.31 bits per heavy atom. The summed E-state index contributed by atoms with van der Waals surface area (Å²) in [4.78, 5) is 8.49. The predicted octanol–water partition coefficient (Wildman–Crippen LogP) is 6.08. The first-order chi connectivity index (χ1) is 16.3. The molecule has 0 amide bonds. The maximum atomic E-state index is 13.2. The van der Waals surface area contributed by atoms with Gasteiger partial charge in [-0.3, -0.25) is 0 Å². The fourth-order valence-corrected chi connectivity index (χ4v) is 5.79. The summed E-state index contributed by atoms with van der Waals surface area (Å²) in [5, 5.41) is 0. The SMILES string of the molecule is CC(C)(C)c1nc2cc(S(=O)(=O)c3ccc(OCC(F)(F)F)nc3)ccc2n1CC1CCCCC1. The van der Waals surface area contributed by atoms with Gasteiger partial charge in [-0.15, -0.1) is 0 Å². The predicted molar refractivity (Wildman–Crippen MR) is 126 cm³/mol. The van der Waals surface area contributed by atoms with Gasteiger partial charge in [0.25, 0.3) is 0 Å². The smallest absolute Gasteiger partial charge is 0.422 e. The number of ether oxygens (including phenoxy) is 1. The third kappa shape index (κ3) is 5.79.